The van der Waals surface area contributed by atoms with Gasteiger partial charge < -0.3 is 10.2 Å². The molecule has 3 nitrogen and oxygen atoms in total. The summed E-state index contributed by atoms with van der Waals surface area (Å²) in [7, 11) is 1.94. The van der Waals surface area contributed by atoms with Crippen LogP contribution >= 0.6 is 11.6 Å². The fourth-order valence-electron chi connectivity index (χ4n) is 5.33. The molecule has 2 aromatic carbocycles. The van der Waals surface area contributed by atoms with Crippen molar-refractivity contribution in [2.75, 3.05) is 26.7 Å². The van der Waals surface area contributed by atoms with E-state index < -0.39 is 11.7 Å². The van der Waals surface area contributed by atoms with E-state index in [9.17, 15) is 18.0 Å². The van der Waals surface area contributed by atoms with Crippen LogP contribution in [-0.2, 0) is 16.4 Å². The van der Waals surface area contributed by atoms with Gasteiger partial charge in [-0.2, -0.15) is 13.2 Å². The van der Waals surface area contributed by atoms with Crippen LogP contribution in [-0.4, -0.2) is 37.5 Å². The number of piperidine rings is 1. The third kappa shape index (κ3) is 4.30. The maximum Gasteiger partial charge on any atom is 0.416 e. The monoisotopic (exact) mass is 462 g/mol. The SMILES string of the molecule is CNCC1CC2(CCN(C(=O)/C=C/c3ccccc3C(F)(F)F)CC2)c2c(Cl)cccc21. The molecule has 1 aliphatic carbocycles. The Kier molecular flexibility index (Phi) is 6.37. The topological polar surface area (TPSA) is 32.3 Å². The normalized spacial score (nSPS) is 20.2. The summed E-state index contributed by atoms with van der Waals surface area (Å²) in [6.07, 6.45) is 0.637. The number of carbonyl (C=O) groups is 1. The lowest BCUT2D eigenvalue weighted by atomic mass is 9.73. The summed E-state index contributed by atoms with van der Waals surface area (Å²) in [5.41, 5.74) is 1.69. The van der Waals surface area contributed by atoms with Crippen LogP contribution in [0.1, 0.15) is 47.4 Å². The highest BCUT2D eigenvalue weighted by Gasteiger charge is 2.46. The summed E-state index contributed by atoms with van der Waals surface area (Å²) in [4.78, 5) is 14.5. The molecule has 32 heavy (non-hydrogen) atoms. The van der Waals surface area contributed by atoms with E-state index in [-0.39, 0.29) is 16.9 Å². The van der Waals surface area contributed by atoms with E-state index in [0.717, 1.165) is 36.9 Å². The first-order chi connectivity index (χ1) is 15.2. The second-order valence-electron chi connectivity index (χ2n) is 8.69. The molecule has 0 saturated carbocycles. The molecule has 1 N–H and O–H groups in total. The van der Waals surface area contributed by atoms with Gasteiger partial charge >= 0.3 is 6.18 Å². The average molecular weight is 463 g/mol. The number of nitrogens with one attached hydrogen (secondary N) is 1. The third-order valence-electron chi connectivity index (χ3n) is 6.81. The average Bonchev–Trinajstić information content (AvgIpc) is 3.06. The molecule has 0 bridgehead atoms. The number of hydrogen-bond donors (Lipinski definition) is 1. The lowest BCUT2D eigenvalue weighted by Gasteiger charge is -2.40. The van der Waals surface area contributed by atoms with Crippen LogP contribution in [0.2, 0.25) is 5.02 Å². The Bertz CT molecular complexity index is 1030. The van der Waals surface area contributed by atoms with Crippen LogP contribution < -0.4 is 5.32 Å². The molecule has 2 aliphatic rings. The molecule has 0 radical (unpaired) electrons. The molecular formula is C25H26ClF3N2O. The zero-order valence-electron chi connectivity index (χ0n) is 17.9. The number of benzene rings is 2. The molecule has 2 aromatic rings. The first-order valence-corrected chi connectivity index (χ1v) is 11.2. The highest BCUT2D eigenvalue weighted by Crippen LogP contribution is 2.53. The summed E-state index contributed by atoms with van der Waals surface area (Å²) < 4.78 is 39.6. The van der Waals surface area contributed by atoms with E-state index in [1.54, 1.807) is 4.90 Å². The van der Waals surface area contributed by atoms with E-state index >= 15 is 0 Å². The quantitative estimate of drug-likeness (QED) is 0.596. The van der Waals surface area contributed by atoms with Gasteiger partial charge in [0.05, 0.1) is 5.56 Å². The van der Waals surface area contributed by atoms with Gasteiger partial charge in [0.2, 0.25) is 5.91 Å². The Balaban J connectivity index is 1.48. The summed E-state index contributed by atoms with van der Waals surface area (Å²) in [6, 6.07) is 11.4. The maximum absolute atomic E-state index is 13.2. The van der Waals surface area contributed by atoms with Crippen molar-refractivity contribution in [1.29, 1.82) is 0 Å². The van der Waals surface area contributed by atoms with E-state index in [0.29, 0.717) is 19.0 Å². The number of likely N-dealkylation sites (N-methyl/N-ethyl adjacent to an activating group) is 1. The maximum atomic E-state index is 13.2. The predicted molar refractivity (Wildman–Crippen MR) is 121 cm³/mol. The van der Waals surface area contributed by atoms with Crippen molar-refractivity contribution in [1.82, 2.24) is 10.2 Å². The fourth-order valence-corrected chi connectivity index (χ4v) is 5.71. The Hall–Kier alpha value is -2.31. The number of likely N-dealkylation sites (tertiary alicyclic amines) is 1. The summed E-state index contributed by atoms with van der Waals surface area (Å²) in [6.45, 7) is 1.99. The van der Waals surface area contributed by atoms with E-state index in [1.165, 1.54) is 41.5 Å². The van der Waals surface area contributed by atoms with Crippen LogP contribution in [0, 0.1) is 0 Å². The highest BCUT2D eigenvalue weighted by molar-refractivity contribution is 6.31. The first-order valence-electron chi connectivity index (χ1n) is 10.8. The van der Waals surface area contributed by atoms with Crippen molar-refractivity contribution in [2.24, 2.45) is 0 Å². The van der Waals surface area contributed by atoms with Crippen molar-refractivity contribution in [3.63, 3.8) is 0 Å². The number of halogens is 4. The molecule has 170 valence electrons. The molecule has 1 unspecified atom stereocenters. The molecule has 4 rings (SSSR count). The van der Waals surface area contributed by atoms with Crippen LogP contribution in [0.5, 0.6) is 0 Å². The number of nitrogens with zero attached hydrogens (tertiary/aromatic N) is 1. The van der Waals surface area contributed by atoms with Crippen molar-refractivity contribution in [3.8, 4) is 0 Å². The Morgan fingerprint density at radius 2 is 1.91 bits per heavy atom. The number of amides is 1. The Morgan fingerprint density at radius 3 is 2.59 bits per heavy atom. The largest absolute Gasteiger partial charge is 0.416 e. The lowest BCUT2D eigenvalue weighted by Crippen LogP contribution is -2.44. The van der Waals surface area contributed by atoms with Gasteiger partial charge in [0, 0.05) is 36.1 Å². The van der Waals surface area contributed by atoms with Gasteiger partial charge in [-0.05, 0) is 67.1 Å². The molecule has 1 fully saturated rings. The minimum absolute atomic E-state index is 0.00626. The number of alkyl halides is 3. The van der Waals surface area contributed by atoms with E-state index in [2.05, 4.69) is 11.4 Å². The number of carbonyl (C=O) groups excluding carboxylic acids is 1. The van der Waals surface area contributed by atoms with Crippen LogP contribution in [0.15, 0.2) is 48.5 Å². The van der Waals surface area contributed by atoms with Crippen molar-refractivity contribution < 1.29 is 18.0 Å². The van der Waals surface area contributed by atoms with Crippen LogP contribution in [0.4, 0.5) is 13.2 Å². The number of hydrogen-bond acceptors (Lipinski definition) is 2. The van der Waals surface area contributed by atoms with Crippen LogP contribution in [0.25, 0.3) is 6.08 Å². The Morgan fingerprint density at radius 1 is 1.19 bits per heavy atom. The van der Waals surface area contributed by atoms with Gasteiger partial charge in [0.1, 0.15) is 0 Å². The second-order valence-corrected chi connectivity index (χ2v) is 9.09. The lowest BCUT2D eigenvalue weighted by molar-refractivity contribution is -0.137. The predicted octanol–water partition coefficient (Wildman–Crippen LogP) is 5.64. The van der Waals surface area contributed by atoms with Gasteiger partial charge in [-0.3, -0.25) is 4.79 Å². The minimum atomic E-state index is -4.46. The molecule has 1 aliphatic heterocycles. The molecule has 0 aromatic heterocycles. The number of rotatable bonds is 4. The van der Waals surface area contributed by atoms with Crippen LogP contribution in [0.3, 0.4) is 0 Å². The van der Waals surface area contributed by atoms with Gasteiger partial charge in [-0.25, -0.2) is 0 Å². The summed E-state index contributed by atoms with van der Waals surface area (Å²) in [5.74, 6) is 0.121. The highest BCUT2D eigenvalue weighted by atomic mass is 35.5. The zero-order valence-corrected chi connectivity index (χ0v) is 18.6. The van der Waals surface area contributed by atoms with Gasteiger partial charge in [0.25, 0.3) is 0 Å². The zero-order chi connectivity index (χ0) is 22.9. The van der Waals surface area contributed by atoms with E-state index in [1.807, 2.05) is 19.2 Å². The minimum Gasteiger partial charge on any atom is -0.339 e. The second kappa shape index (κ2) is 8.91. The van der Waals surface area contributed by atoms with Crippen molar-refractivity contribution >= 4 is 23.6 Å². The number of fused-ring (bicyclic) bond motifs is 2. The molecule has 1 amide bonds. The summed E-state index contributed by atoms with van der Waals surface area (Å²) in [5, 5.41) is 4.05. The van der Waals surface area contributed by atoms with Crippen molar-refractivity contribution in [2.45, 2.75) is 36.8 Å². The molecule has 1 heterocycles. The molecule has 1 atom stereocenters. The van der Waals surface area contributed by atoms with E-state index in [4.69, 9.17) is 11.6 Å². The van der Waals surface area contributed by atoms with Gasteiger partial charge in [-0.1, -0.05) is 41.9 Å². The summed E-state index contributed by atoms with van der Waals surface area (Å²) >= 11 is 6.62. The third-order valence-corrected chi connectivity index (χ3v) is 7.12. The molecular weight excluding hydrogens is 437 g/mol. The van der Waals surface area contributed by atoms with Crippen molar-refractivity contribution in [3.05, 3.63) is 75.8 Å². The first kappa shape index (κ1) is 22.9. The molecule has 7 heteroatoms. The molecule has 1 spiro atoms. The smallest absolute Gasteiger partial charge is 0.339 e. The fraction of sp³-hybridized carbons (Fsp3) is 0.400. The Labute approximate surface area is 191 Å². The molecule has 1 saturated heterocycles. The standard InChI is InChI=1S/C25H26ClF3N2O/c1-30-16-18-15-24(23-19(18)6-4-8-21(23)26)11-13-31(14-12-24)22(32)10-9-17-5-2-3-7-20(17)25(27,28)29/h2-10,18,30H,11-16H2,1H3/b10-9+. The van der Waals surface area contributed by atoms with Gasteiger partial charge in [-0.15, -0.1) is 0 Å². The van der Waals surface area contributed by atoms with Gasteiger partial charge in [0.15, 0.2) is 0 Å².